The third-order valence-corrected chi connectivity index (χ3v) is 5.63. The number of carbonyl (C=O) groups is 3. The van der Waals surface area contributed by atoms with Gasteiger partial charge >= 0.3 is 0 Å². The van der Waals surface area contributed by atoms with Crippen LogP contribution in [-0.4, -0.2) is 59.7 Å². The number of amides is 3. The number of piperazine rings is 1. The molecule has 3 rings (SSSR count). The van der Waals surface area contributed by atoms with E-state index < -0.39 is 29.1 Å². The van der Waals surface area contributed by atoms with E-state index in [4.69, 9.17) is 11.6 Å². The van der Waals surface area contributed by atoms with Crippen molar-refractivity contribution in [2.24, 2.45) is 5.92 Å². The lowest BCUT2D eigenvalue weighted by Crippen LogP contribution is -2.57. The van der Waals surface area contributed by atoms with Crippen LogP contribution in [0.15, 0.2) is 42.5 Å². The first kappa shape index (κ1) is 23.7. The Kier molecular flexibility index (Phi) is 7.45. The Morgan fingerprint density at radius 3 is 1.97 bits per heavy atom. The number of benzene rings is 2. The normalized spacial score (nSPS) is 14.9. The number of hydrogen-bond donors (Lipinski definition) is 1. The second kappa shape index (κ2) is 10.1. The molecule has 1 fully saturated rings. The van der Waals surface area contributed by atoms with Crippen LogP contribution in [-0.2, 0) is 4.79 Å². The molecule has 32 heavy (non-hydrogen) atoms. The minimum Gasteiger partial charge on any atom is -0.340 e. The molecule has 0 saturated carbocycles. The molecular weight excluding hydrogens is 440 g/mol. The van der Waals surface area contributed by atoms with E-state index in [0.29, 0.717) is 23.7 Å². The van der Waals surface area contributed by atoms with E-state index >= 15 is 0 Å². The largest absolute Gasteiger partial charge is 0.340 e. The zero-order valence-corrected chi connectivity index (χ0v) is 18.5. The fourth-order valence-electron chi connectivity index (χ4n) is 3.54. The number of nitrogens with one attached hydrogen (secondary N) is 1. The predicted molar refractivity (Wildman–Crippen MR) is 116 cm³/mol. The molecule has 2 aromatic rings. The van der Waals surface area contributed by atoms with Gasteiger partial charge in [0.25, 0.3) is 11.8 Å². The first-order chi connectivity index (χ1) is 15.2. The monoisotopic (exact) mass is 463 g/mol. The van der Waals surface area contributed by atoms with Crippen LogP contribution in [0.2, 0.25) is 5.02 Å². The van der Waals surface area contributed by atoms with Gasteiger partial charge in [-0.3, -0.25) is 14.4 Å². The van der Waals surface area contributed by atoms with E-state index in [9.17, 15) is 23.2 Å². The molecule has 9 heteroatoms. The van der Waals surface area contributed by atoms with Gasteiger partial charge in [-0.15, -0.1) is 0 Å². The van der Waals surface area contributed by atoms with Crippen molar-refractivity contribution in [2.75, 3.05) is 26.2 Å². The highest BCUT2D eigenvalue weighted by Crippen LogP contribution is 2.16. The van der Waals surface area contributed by atoms with Gasteiger partial charge in [0, 0.05) is 36.8 Å². The molecule has 3 amide bonds. The second-order valence-electron chi connectivity index (χ2n) is 7.92. The zero-order chi connectivity index (χ0) is 23.4. The maximum Gasteiger partial charge on any atom is 0.257 e. The summed E-state index contributed by atoms with van der Waals surface area (Å²) in [5.74, 6) is -3.79. The molecule has 6 nitrogen and oxygen atoms in total. The Morgan fingerprint density at radius 1 is 0.906 bits per heavy atom. The van der Waals surface area contributed by atoms with Gasteiger partial charge in [0.2, 0.25) is 5.91 Å². The molecule has 1 aliphatic heterocycles. The van der Waals surface area contributed by atoms with Crippen LogP contribution in [0, 0.1) is 17.6 Å². The van der Waals surface area contributed by atoms with Crippen molar-refractivity contribution in [1.29, 1.82) is 0 Å². The number of carbonyl (C=O) groups excluding carboxylic acids is 3. The number of hydrogen-bond acceptors (Lipinski definition) is 3. The van der Waals surface area contributed by atoms with E-state index in [2.05, 4.69) is 5.32 Å². The maximum absolute atomic E-state index is 13.9. The molecule has 0 bridgehead atoms. The maximum atomic E-state index is 13.9. The molecule has 1 saturated heterocycles. The van der Waals surface area contributed by atoms with Gasteiger partial charge in [0.1, 0.15) is 23.2 Å². The van der Waals surface area contributed by atoms with E-state index in [1.165, 1.54) is 0 Å². The molecule has 170 valence electrons. The van der Waals surface area contributed by atoms with Gasteiger partial charge in [-0.2, -0.15) is 0 Å². The van der Waals surface area contributed by atoms with Gasteiger partial charge < -0.3 is 15.1 Å². The predicted octanol–water partition coefficient (Wildman–Crippen LogP) is 3.36. The Bertz CT molecular complexity index is 986. The summed E-state index contributed by atoms with van der Waals surface area (Å²) in [4.78, 5) is 41.4. The van der Waals surface area contributed by atoms with Gasteiger partial charge in [-0.05, 0) is 42.3 Å². The lowest BCUT2D eigenvalue weighted by Gasteiger charge is -2.37. The summed E-state index contributed by atoms with van der Waals surface area (Å²) in [5, 5.41) is 3.01. The number of nitrogens with zero attached hydrogens (tertiary/aromatic N) is 2. The average molecular weight is 464 g/mol. The van der Waals surface area contributed by atoms with Crippen molar-refractivity contribution in [2.45, 2.75) is 19.9 Å². The van der Waals surface area contributed by atoms with E-state index in [-0.39, 0.29) is 30.8 Å². The van der Waals surface area contributed by atoms with Crippen molar-refractivity contribution in [3.63, 3.8) is 0 Å². The molecule has 0 spiro atoms. The summed E-state index contributed by atoms with van der Waals surface area (Å²) in [6.07, 6.45) is 0. The third-order valence-electron chi connectivity index (χ3n) is 5.38. The first-order valence-electron chi connectivity index (χ1n) is 10.3. The molecule has 0 aliphatic carbocycles. The van der Waals surface area contributed by atoms with Crippen LogP contribution in [0.25, 0.3) is 0 Å². The van der Waals surface area contributed by atoms with Gasteiger partial charge in [-0.25, -0.2) is 8.78 Å². The third kappa shape index (κ3) is 5.24. The second-order valence-corrected chi connectivity index (χ2v) is 8.35. The Morgan fingerprint density at radius 2 is 1.44 bits per heavy atom. The summed E-state index contributed by atoms with van der Waals surface area (Å²) < 4.78 is 27.9. The Hall–Kier alpha value is -3.00. The lowest BCUT2D eigenvalue weighted by molar-refractivity contribution is -0.135. The Labute approximate surface area is 190 Å². The SMILES string of the molecule is CC(C)[C@H](NC(=O)c1c(F)cccc1F)C(=O)N1CCN(C(=O)c2ccc(Cl)cc2)CC1. The quantitative estimate of drug-likeness (QED) is 0.739. The van der Waals surface area contributed by atoms with Gasteiger partial charge in [0.05, 0.1) is 0 Å². The van der Waals surface area contributed by atoms with Crippen molar-refractivity contribution < 1.29 is 23.2 Å². The molecular formula is C23H24ClF2N3O3. The molecule has 0 unspecified atom stereocenters. The number of halogens is 3. The van der Waals surface area contributed by atoms with Gasteiger partial charge in [0.15, 0.2) is 0 Å². The highest BCUT2D eigenvalue weighted by molar-refractivity contribution is 6.30. The van der Waals surface area contributed by atoms with Crippen LogP contribution >= 0.6 is 11.6 Å². The average Bonchev–Trinajstić information content (AvgIpc) is 2.77. The summed E-state index contributed by atoms with van der Waals surface area (Å²) in [7, 11) is 0. The van der Waals surface area contributed by atoms with E-state index in [1.807, 2.05) is 0 Å². The summed E-state index contributed by atoms with van der Waals surface area (Å²) >= 11 is 5.86. The molecule has 1 aliphatic rings. The van der Waals surface area contributed by atoms with E-state index in [0.717, 1.165) is 18.2 Å². The minimum absolute atomic E-state index is 0.155. The van der Waals surface area contributed by atoms with Crippen molar-refractivity contribution in [3.8, 4) is 0 Å². The lowest BCUT2D eigenvalue weighted by atomic mass is 10.0. The number of rotatable bonds is 5. The minimum atomic E-state index is -0.994. The Balaban J connectivity index is 1.64. The van der Waals surface area contributed by atoms with E-state index in [1.54, 1.807) is 47.9 Å². The molecule has 0 radical (unpaired) electrons. The summed E-state index contributed by atoms with van der Waals surface area (Å²) in [5.41, 5.74) is -0.210. The molecule has 1 N–H and O–H groups in total. The van der Waals surface area contributed by atoms with Crippen LogP contribution in [0.1, 0.15) is 34.6 Å². The topological polar surface area (TPSA) is 69.7 Å². The summed E-state index contributed by atoms with van der Waals surface area (Å²) in [6, 6.07) is 8.76. The summed E-state index contributed by atoms with van der Waals surface area (Å²) in [6.45, 7) is 4.69. The first-order valence-corrected chi connectivity index (χ1v) is 10.7. The highest BCUT2D eigenvalue weighted by atomic mass is 35.5. The van der Waals surface area contributed by atoms with Crippen molar-refractivity contribution in [1.82, 2.24) is 15.1 Å². The molecule has 1 heterocycles. The van der Waals surface area contributed by atoms with Gasteiger partial charge in [-0.1, -0.05) is 31.5 Å². The molecule has 2 aromatic carbocycles. The standard InChI is InChI=1S/C23H24ClF2N3O3/c1-14(2)20(27-21(30)19-17(25)4-3-5-18(19)26)23(32)29-12-10-28(11-13-29)22(31)15-6-8-16(24)9-7-15/h3-9,14,20H,10-13H2,1-2H3,(H,27,30)/t20-/m0/s1. The fourth-order valence-corrected chi connectivity index (χ4v) is 3.67. The van der Waals surface area contributed by atoms with Crippen molar-refractivity contribution >= 4 is 29.3 Å². The van der Waals surface area contributed by atoms with Crippen LogP contribution < -0.4 is 5.32 Å². The smallest absolute Gasteiger partial charge is 0.257 e. The van der Waals surface area contributed by atoms with Crippen LogP contribution in [0.3, 0.4) is 0 Å². The van der Waals surface area contributed by atoms with Crippen LogP contribution in [0.5, 0.6) is 0 Å². The molecule has 1 atom stereocenters. The van der Waals surface area contributed by atoms with Crippen molar-refractivity contribution in [3.05, 3.63) is 70.2 Å². The fraction of sp³-hybridized carbons (Fsp3) is 0.348. The highest BCUT2D eigenvalue weighted by Gasteiger charge is 2.33. The van der Waals surface area contributed by atoms with Crippen LogP contribution in [0.4, 0.5) is 8.78 Å². The molecule has 0 aromatic heterocycles. The zero-order valence-electron chi connectivity index (χ0n) is 17.8.